The van der Waals surface area contributed by atoms with Gasteiger partial charge in [-0.2, -0.15) is 20.5 Å². The summed E-state index contributed by atoms with van der Waals surface area (Å²) in [5, 5.41) is 16.4. The Balaban J connectivity index is 1.78. The Kier molecular flexibility index (Phi) is 2.90. The largest absolute Gasteiger partial charge is 0.350 e. The molecule has 0 aliphatic carbocycles. The van der Waals surface area contributed by atoms with E-state index in [0.717, 1.165) is 0 Å². The van der Waals surface area contributed by atoms with Crippen molar-refractivity contribution >= 4 is 5.91 Å². The van der Waals surface area contributed by atoms with Crippen LogP contribution in [-0.4, -0.2) is 42.6 Å². The fourth-order valence-corrected chi connectivity index (χ4v) is 1.19. The Labute approximate surface area is 91.1 Å². The highest BCUT2D eigenvalue weighted by Crippen LogP contribution is 1.90. The van der Waals surface area contributed by atoms with Gasteiger partial charge in [0.1, 0.15) is 6.33 Å². The summed E-state index contributed by atoms with van der Waals surface area (Å²) in [4.78, 5) is 15.5. The molecule has 1 amide bonds. The number of nitrogens with one attached hydrogen (secondary N) is 2. The lowest BCUT2D eigenvalue weighted by molar-refractivity contribution is 0.0949. The summed E-state index contributed by atoms with van der Waals surface area (Å²) in [5.41, 5.74) is 0.272. The number of rotatable bonds is 4. The number of amides is 1. The number of aromatic nitrogens is 6. The molecule has 2 heterocycles. The summed E-state index contributed by atoms with van der Waals surface area (Å²) < 4.78 is 1.62. The van der Waals surface area contributed by atoms with Gasteiger partial charge < -0.3 is 5.32 Å². The summed E-state index contributed by atoms with van der Waals surface area (Å²) in [6.07, 6.45) is 3.58. The van der Waals surface area contributed by atoms with Crippen LogP contribution in [0.4, 0.5) is 0 Å². The molecule has 2 rings (SSSR count). The van der Waals surface area contributed by atoms with Crippen molar-refractivity contribution in [2.24, 2.45) is 7.05 Å². The Bertz CT molecular complexity index is 460. The molecule has 8 heteroatoms. The lowest BCUT2D eigenvalue weighted by atomic mass is 10.4. The number of carbonyl (C=O) groups is 1. The fraction of sp³-hybridized carbons (Fsp3) is 0.375. The lowest BCUT2D eigenvalue weighted by Crippen LogP contribution is -2.26. The van der Waals surface area contributed by atoms with Gasteiger partial charge in [0.25, 0.3) is 5.91 Å². The number of hydrogen-bond donors (Lipinski definition) is 2. The van der Waals surface area contributed by atoms with Crippen molar-refractivity contribution in [3.05, 3.63) is 24.0 Å². The standard InChI is InChI=1S/C8H11N7O/c1-15-5-10-7(13-15)2-3-9-8(16)6-4-11-14-12-6/h4-5H,2-3H2,1H3,(H,9,16)(H,11,12,14). The average molecular weight is 221 g/mol. The molecule has 84 valence electrons. The smallest absolute Gasteiger partial charge is 0.273 e. The molecule has 0 aromatic carbocycles. The summed E-state index contributed by atoms with van der Waals surface area (Å²) >= 11 is 0. The maximum Gasteiger partial charge on any atom is 0.273 e. The third-order valence-corrected chi connectivity index (χ3v) is 1.93. The predicted molar refractivity (Wildman–Crippen MR) is 53.4 cm³/mol. The molecule has 0 unspecified atom stereocenters. The van der Waals surface area contributed by atoms with Crippen LogP contribution in [0, 0.1) is 0 Å². The molecule has 16 heavy (non-hydrogen) atoms. The maximum atomic E-state index is 11.4. The van der Waals surface area contributed by atoms with Gasteiger partial charge in [-0.15, -0.1) is 0 Å². The summed E-state index contributed by atoms with van der Waals surface area (Å²) in [7, 11) is 1.80. The molecule has 8 nitrogen and oxygen atoms in total. The van der Waals surface area contributed by atoms with Gasteiger partial charge in [-0.05, 0) is 0 Å². The first-order valence-corrected chi connectivity index (χ1v) is 4.74. The van der Waals surface area contributed by atoms with Crippen LogP contribution in [0.2, 0.25) is 0 Å². The zero-order chi connectivity index (χ0) is 11.4. The van der Waals surface area contributed by atoms with E-state index in [0.29, 0.717) is 18.8 Å². The third kappa shape index (κ3) is 2.41. The third-order valence-electron chi connectivity index (χ3n) is 1.93. The van der Waals surface area contributed by atoms with Crippen molar-refractivity contribution in [3.8, 4) is 0 Å². The van der Waals surface area contributed by atoms with Gasteiger partial charge in [-0.25, -0.2) is 4.98 Å². The minimum Gasteiger partial charge on any atom is -0.350 e. The summed E-state index contributed by atoms with van der Waals surface area (Å²) in [6.45, 7) is 0.468. The number of carbonyl (C=O) groups excluding carboxylic acids is 1. The molecule has 0 saturated carbocycles. The molecule has 0 radical (unpaired) electrons. The second-order valence-electron chi connectivity index (χ2n) is 3.20. The number of nitrogens with zero attached hydrogens (tertiary/aromatic N) is 5. The fourth-order valence-electron chi connectivity index (χ4n) is 1.19. The van der Waals surface area contributed by atoms with Crippen LogP contribution >= 0.6 is 0 Å². The second kappa shape index (κ2) is 4.51. The highest BCUT2D eigenvalue weighted by molar-refractivity contribution is 5.91. The van der Waals surface area contributed by atoms with Crippen molar-refractivity contribution in [1.29, 1.82) is 0 Å². The van der Waals surface area contributed by atoms with Crippen LogP contribution in [0.15, 0.2) is 12.5 Å². The van der Waals surface area contributed by atoms with Crippen LogP contribution in [-0.2, 0) is 13.5 Å². The minimum atomic E-state index is -0.260. The Morgan fingerprint density at radius 3 is 3.12 bits per heavy atom. The first kappa shape index (κ1) is 10.3. The quantitative estimate of drug-likeness (QED) is 0.682. The van der Waals surface area contributed by atoms with Crippen LogP contribution in [0.1, 0.15) is 16.3 Å². The number of aryl methyl sites for hydroxylation is 1. The van der Waals surface area contributed by atoms with E-state index in [-0.39, 0.29) is 11.6 Å². The number of aromatic amines is 1. The van der Waals surface area contributed by atoms with Crippen molar-refractivity contribution in [2.45, 2.75) is 6.42 Å². The first-order chi connectivity index (χ1) is 7.75. The monoisotopic (exact) mass is 221 g/mol. The maximum absolute atomic E-state index is 11.4. The average Bonchev–Trinajstić information content (AvgIpc) is 2.89. The molecule has 2 N–H and O–H groups in total. The Morgan fingerprint density at radius 1 is 1.62 bits per heavy atom. The topological polar surface area (TPSA) is 101 Å². The molecule has 0 aliphatic heterocycles. The van der Waals surface area contributed by atoms with Gasteiger partial charge in [0.05, 0.1) is 6.20 Å². The van der Waals surface area contributed by atoms with Gasteiger partial charge in [-0.3, -0.25) is 9.48 Å². The van der Waals surface area contributed by atoms with Crippen molar-refractivity contribution in [1.82, 2.24) is 35.5 Å². The molecular weight excluding hydrogens is 210 g/mol. The van der Waals surface area contributed by atoms with E-state index in [1.54, 1.807) is 18.1 Å². The van der Waals surface area contributed by atoms with E-state index >= 15 is 0 Å². The van der Waals surface area contributed by atoms with Gasteiger partial charge in [0.2, 0.25) is 0 Å². The molecule has 0 saturated heterocycles. The number of H-pyrrole nitrogens is 1. The molecule has 0 aliphatic rings. The Morgan fingerprint density at radius 2 is 2.50 bits per heavy atom. The molecule has 0 fully saturated rings. The second-order valence-corrected chi connectivity index (χ2v) is 3.20. The SMILES string of the molecule is Cn1cnc(CCNC(=O)c2cn[nH]n2)n1. The number of hydrogen-bond acceptors (Lipinski definition) is 5. The highest BCUT2D eigenvalue weighted by atomic mass is 16.1. The molecule has 0 bridgehead atoms. The predicted octanol–water partition coefficient (Wildman–Crippen LogP) is -1.09. The zero-order valence-corrected chi connectivity index (χ0v) is 8.71. The van der Waals surface area contributed by atoms with Crippen LogP contribution in [0.3, 0.4) is 0 Å². The highest BCUT2D eigenvalue weighted by Gasteiger charge is 2.07. The minimum absolute atomic E-state index is 0.260. The Hall–Kier alpha value is -2.25. The molecule has 2 aromatic rings. The first-order valence-electron chi connectivity index (χ1n) is 4.74. The summed E-state index contributed by atoms with van der Waals surface area (Å²) in [6, 6.07) is 0. The van der Waals surface area contributed by atoms with E-state index < -0.39 is 0 Å². The van der Waals surface area contributed by atoms with Crippen LogP contribution < -0.4 is 5.32 Å². The van der Waals surface area contributed by atoms with Gasteiger partial charge in [0.15, 0.2) is 11.5 Å². The van der Waals surface area contributed by atoms with E-state index in [1.165, 1.54) is 6.20 Å². The van der Waals surface area contributed by atoms with Crippen molar-refractivity contribution < 1.29 is 4.79 Å². The molecule has 2 aromatic heterocycles. The van der Waals surface area contributed by atoms with E-state index in [2.05, 4.69) is 30.8 Å². The molecule has 0 atom stereocenters. The lowest BCUT2D eigenvalue weighted by Gasteiger charge is -1.99. The van der Waals surface area contributed by atoms with E-state index in [1.807, 2.05) is 0 Å². The normalized spacial score (nSPS) is 10.3. The van der Waals surface area contributed by atoms with Crippen LogP contribution in [0.25, 0.3) is 0 Å². The van der Waals surface area contributed by atoms with Crippen LogP contribution in [0.5, 0.6) is 0 Å². The van der Waals surface area contributed by atoms with Gasteiger partial charge in [-0.1, -0.05) is 0 Å². The molecular formula is C8H11N7O. The van der Waals surface area contributed by atoms with Gasteiger partial charge in [0, 0.05) is 20.0 Å². The van der Waals surface area contributed by atoms with E-state index in [9.17, 15) is 4.79 Å². The molecule has 0 spiro atoms. The van der Waals surface area contributed by atoms with Crippen molar-refractivity contribution in [2.75, 3.05) is 6.54 Å². The van der Waals surface area contributed by atoms with Gasteiger partial charge >= 0.3 is 0 Å². The zero-order valence-electron chi connectivity index (χ0n) is 8.71. The van der Waals surface area contributed by atoms with E-state index in [4.69, 9.17) is 0 Å². The van der Waals surface area contributed by atoms with Crippen molar-refractivity contribution in [3.63, 3.8) is 0 Å². The summed E-state index contributed by atoms with van der Waals surface area (Å²) in [5.74, 6) is 0.438.